The summed E-state index contributed by atoms with van der Waals surface area (Å²) in [6.45, 7) is 0. The summed E-state index contributed by atoms with van der Waals surface area (Å²) in [6, 6.07) is 3.55. The number of thiophene rings is 1. The van der Waals surface area contributed by atoms with Crippen LogP contribution in [-0.2, 0) is 9.53 Å². The molecular weight excluding hydrogens is 249 g/mol. The second kappa shape index (κ2) is 6.11. The minimum atomic E-state index is -5.08. The van der Waals surface area contributed by atoms with Crippen LogP contribution in [0.3, 0.4) is 0 Å². The van der Waals surface area contributed by atoms with E-state index in [0.29, 0.717) is 4.88 Å². The van der Waals surface area contributed by atoms with Crippen LogP contribution in [-0.4, -0.2) is 30.3 Å². The fourth-order valence-corrected chi connectivity index (χ4v) is 1.14. The summed E-state index contributed by atoms with van der Waals surface area (Å²) in [5.41, 5.74) is 0. The fraction of sp³-hybridized carbons (Fsp3) is 0.250. The molecule has 1 heterocycles. The molecule has 16 heavy (non-hydrogen) atoms. The second-order valence-corrected chi connectivity index (χ2v) is 3.22. The van der Waals surface area contributed by atoms with Crippen molar-refractivity contribution in [1.82, 2.24) is 0 Å². The molecule has 1 rings (SSSR count). The van der Waals surface area contributed by atoms with Gasteiger partial charge in [-0.15, -0.1) is 11.3 Å². The number of ether oxygens (including phenoxy) is 1. The van der Waals surface area contributed by atoms with Gasteiger partial charge in [-0.05, 0) is 11.4 Å². The number of carbonyl (C=O) groups excluding carboxylic acids is 1. The summed E-state index contributed by atoms with van der Waals surface area (Å²) < 4.78 is 36.2. The standard InChI is InChI=1S/C6H6O2S.C2HF3O2/c1-8-6(7)5-3-2-4-9-5;3-2(4,5)1(6)7/h2-4H,1H3;(H,6,7). The highest BCUT2D eigenvalue weighted by Crippen LogP contribution is 2.13. The van der Waals surface area contributed by atoms with Crippen molar-refractivity contribution in [1.29, 1.82) is 0 Å². The van der Waals surface area contributed by atoms with Crippen LogP contribution < -0.4 is 0 Å². The van der Waals surface area contributed by atoms with Gasteiger partial charge in [0.1, 0.15) is 4.88 Å². The number of methoxy groups -OCH3 is 1. The molecule has 0 aliphatic heterocycles. The molecule has 0 unspecified atom stereocenters. The third-order valence-electron chi connectivity index (χ3n) is 1.15. The molecular formula is C8H7F3O4S. The number of carbonyl (C=O) groups is 2. The highest BCUT2D eigenvalue weighted by atomic mass is 32.1. The molecule has 4 nitrogen and oxygen atoms in total. The highest BCUT2D eigenvalue weighted by molar-refractivity contribution is 7.11. The molecule has 1 aromatic heterocycles. The Kier molecular flexibility index (Phi) is 5.51. The van der Waals surface area contributed by atoms with Gasteiger partial charge in [0.2, 0.25) is 0 Å². The minimum Gasteiger partial charge on any atom is -0.475 e. The number of hydrogen-bond acceptors (Lipinski definition) is 4. The number of rotatable bonds is 1. The molecule has 0 saturated heterocycles. The molecule has 1 aromatic rings. The normalized spacial score (nSPS) is 10.0. The largest absolute Gasteiger partial charge is 0.490 e. The molecule has 0 aliphatic rings. The predicted molar refractivity (Wildman–Crippen MR) is 49.3 cm³/mol. The SMILES string of the molecule is COC(=O)c1cccs1.O=C(O)C(F)(F)F. The van der Waals surface area contributed by atoms with E-state index >= 15 is 0 Å². The van der Waals surface area contributed by atoms with Gasteiger partial charge in [-0.25, -0.2) is 9.59 Å². The Morgan fingerprint density at radius 2 is 1.94 bits per heavy atom. The van der Waals surface area contributed by atoms with Crippen LogP contribution in [0.5, 0.6) is 0 Å². The van der Waals surface area contributed by atoms with Gasteiger partial charge in [0, 0.05) is 0 Å². The predicted octanol–water partition coefficient (Wildman–Crippen LogP) is 2.17. The molecule has 0 bridgehead atoms. The van der Waals surface area contributed by atoms with Crippen molar-refractivity contribution in [3.05, 3.63) is 22.4 Å². The average Bonchev–Trinajstić information content (AvgIpc) is 2.69. The molecule has 0 saturated carbocycles. The number of hydrogen-bond donors (Lipinski definition) is 1. The van der Waals surface area contributed by atoms with Gasteiger partial charge in [0.25, 0.3) is 0 Å². The van der Waals surface area contributed by atoms with Crippen LogP contribution in [0.15, 0.2) is 17.5 Å². The van der Waals surface area contributed by atoms with Crippen LogP contribution in [0.4, 0.5) is 13.2 Å². The molecule has 0 atom stereocenters. The number of carboxylic acids is 1. The van der Waals surface area contributed by atoms with E-state index in [1.54, 1.807) is 6.07 Å². The molecule has 8 heteroatoms. The van der Waals surface area contributed by atoms with E-state index < -0.39 is 12.1 Å². The maximum absolute atomic E-state index is 10.7. The molecule has 0 aliphatic carbocycles. The van der Waals surface area contributed by atoms with Crippen molar-refractivity contribution in [3.63, 3.8) is 0 Å². The van der Waals surface area contributed by atoms with Crippen LogP contribution in [0, 0.1) is 0 Å². The van der Waals surface area contributed by atoms with Crippen molar-refractivity contribution >= 4 is 23.3 Å². The van der Waals surface area contributed by atoms with E-state index in [4.69, 9.17) is 9.90 Å². The molecule has 0 spiro atoms. The Bertz CT molecular complexity index is 345. The van der Waals surface area contributed by atoms with Crippen LogP contribution in [0.1, 0.15) is 9.67 Å². The zero-order valence-electron chi connectivity index (χ0n) is 7.95. The van der Waals surface area contributed by atoms with Crippen molar-refractivity contribution < 1.29 is 32.6 Å². The summed E-state index contributed by atoms with van der Waals surface area (Å²) in [5.74, 6) is -3.02. The average molecular weight is 256 g/mol. The Morgan fingerprint density at radius 3 is 2.19 bits per heavy atom. The van der Waals surface area contributed by atoms with Crippen molar-refractivity contribution in [2.24, 2.45) is 0 Å². The summed E-state index contributed by atoms with van der Waals surface area (Å²) >= 11 is 1.38. The monoisotopic (exact) mass is 256 g/mol. The lowest BCUT2D eigenvalue weighted by Crippen LogP contribution is -2.21. The van der Waals surface area contributed by atoms with E-state index in [1.807, 2.05) is 11.4 Å². The molecule has 0 radical (unpaired) electrons. The molecule has 0 amide bonds. The van der Waals surface area contributed by atoms with Crippen LogP contribution >= 0.6 is 11.3 Å². The van der Waals surface area contributed by atoms with Gasteiger partial charge >= 0.3 is 18.1 Å². The summed E-state index contributed by atoms with van der Waals surface area (Å²) in [4.78, 5) is 20.2. The Hall–Kier alpha value is -1.57. The van der Waals surface area contributed by atoms with Gasteiger partial charge in [0.05, 0.1) is 7.11 Å². The topological polar surface area (TPSA) is 63.6 Å². The first-order valence-electron chi connectivity index (χ1n) is 3.71. The molecule has 0 aromatic carbocycles. The van der Waals surface area contributed by atoms with E-state index in [-0.39, 0.29) is 5.97 Å². The van der Waals surface area contributed by atoms with Gasteiger partial charge in [0.15, 0.2) is 0 Å². The lowest BCUT2D eigenvalue weighted by molar-refractivity contribution is -0.192. The highest BCUT2D eigenvalue weighted by Gasteiger charge is 2.38. The molecule has 0 fully saturated rings. The van der Waals surface area contributed by atoms with E-state index in [1.165, 1.54) is 18.4 Å². The van der Waals surface area contributed by atoms with Crippen molar-refractivity contribution in [3.8, 4) is 0 Å². The lowest BCUT2D eigenvalue weighted by Gasteiger charge is -1.93. The van der Waals surface area contributed by atoms with E-state index in [0.717, 1.165) is 0 Å². The molecule has 90 valence electrons. The smallest absolute Gasteiger partial charge is 0.475 e. The summed E-state index contributed by atoms with van der Waals surface area (Å²) in [7, 11) is 1.38. The Morgan fingerprint density at radius 1 is 1.44 bits per heavy atom. The minimum absolute atomic E-state index is 0.259. The number of aliphatic carboxylic acids is 1. The zero-order chi connectivity index (χ0) is 12.8. The van der Waals surface area contributed by atoms with Crippen LogP contribution in [0.25, 0.3) is 0 Å². The number of alkyl halides is 3. The number of halogens is 3. The zero-order valence-corrected chi connectivity index (χ0v) is 8.76. The Labute approximate surface area is 92.3 Å². The first-order valence-corrected chi connectivity index (χ1v) is 4.59. The maximum atomic E-state index is 10.7. The van der Waals surface area contributed by atoms with Crippen molar-refractivity contribution in [2.75, 3.05) is 7.11 Å². The quantitative estimate of drug-likeness (QED) is 0.782. The van der Waals surface area contributed by atoms with E-state index in [9.17, 15) is 18.0 Å². The number of esters is 1. The van der Waals surface area contributed by atoms with Crippen LogP contribution in [0.2, 0.25) is 0 Å². The van der Waals surface area contributed by atoms with Gasteiger partial charge < -0.3 is 9.84 Å². The lowest BCUT2D eigenvalue weighted by atomic mass is 10.5. The summed E-state index contributed by atoms with van der Waals surface area (Å²) in [5, 5.41) is 8.96. The number of carboxylic acid groups (broad SMARTS) is 1. The van der Waals surface area contributed by atoms with Gasteiger partial charge in [-0.1, -0.05) is 6.07 Å². The van der Waals surface area contributed by atoms with Crippen molar-refractivity contribution in [2.45, 2.75) is 6.18 Å². The van der Waals surface area contributed by atoms with Gasteiger partial charge in [-0.2, -0.15) is 13.2 Å². The van der Waals surface area contributed by atoms with Gasteiger partial charge in [-0.3, -0.25) is 0 Å². The third-order valence-corrected chi connectivity index (χ3v) is 2.00. The van der Waals surface area contributed by atoms with E-state index in [2.05, 4.69) is 4.74 Å². The molecule has 1 N–H and O–H groups in total. The first kappa shape index (κ1) is 14.4. The maximum Gasteiger partial charge on any atom is 0.490 e. The first-order chi connectivity index (χ1) is 7.29. The Balaban J connectivity index is 0.000000293. The summed E-state index contributed by atoms with van der Waals surface area (Å²) in [6.07, 6.45) is -5.08. The second-order valence-electron chi connectivity index (χ2n) is 2.27. The third kappa shape index (κ3) is 5.35. The fourth-order valence-electron chi connectivity index (χ4n) is 0.495.